The summed E-state index contributed by atoms with van der Waals surface area (Å²) in [6.07, 6.45) is -0.710. The van der Waals surface area contributed by atoms with Gasteiger partial charge in [-0.1, -0.05) is 18.2 Å². The highest BCUT2D eigenvalue weighted by molar-refractivity contribution is 5.84. The number of carboxylic acids is 1. The van der Waals surface area contributed by atoms with Crippen molar-refractivity contribution >= 4 is 5.97 Å². The quantitative estimate of drug-likeness (QED) is 0.863. The lowest BCUT2D eigenvalue weighted by Gasteiger charge is -2.42. The largest absolute Gasteiger partial charge is 0.481 e. The first kappa shape index (κ1) is 12.8. The van der Waals surface area contributed by atoms with Crippen molar-refractivity contribution in [1.29, 1.82) is 0 Å². The van der Waals surface area contributed by atoms with Crippen LogP contribution in [0, 0.1) is 0 Å². The average Bonchev–Trinajstić information content (AvgIpc) is 2.24. The number of benzene rings is 1. The maximum atomic E-state index is 12.3. The van der Waals surface area contributed by atoms with Crippen LogP contribution in [0.1, 0.15) is 18.4 Å². The van der Waals surface area contributed by atoms with E-state index >= 15 is 0 Å². The van der Waals surface area contributed by atoms with Crippen LogP contribution < -0.4 is 4.74 Å². The molecule has 0 radical (unpaired) electrons. The van der Waals surface area contributed by atoms with Crippen LogP contribution in [0.5, 0.6) is 5.75 Å². The molecule has 1 aromatic carbocycles. The molecule has 0 aromatic heterocycles. The molecule has 2 N–H and O–H groups in total. The van der Waals surface area contributed by atoms with Crippen molar-refractivity contribution in [1.82, 2.24) is 0 Å². The van der Waals surface area contributed by atoms with Crippen LogP contribution in [-0.4, -0.2) is 28.9 Å². The minimum atomic E-state index is -3.01. The topological polar surface area (TPSA) is 66.8 Å². The van der Waals surface area contributed by atoms with Gasteiger partial charge in [0, 0.05) is 5.56 Å². The Morgan fingerprint density at radius 3 is 2.50 bits per heavy atom. The summed E-state index contributed by atoms with van der Waals surface area (Å²) in [6.45, 7) is -3.01. The minimum Gasteiger partial charge on any atom is -0.481 e. The van der Waals surface area contributed by atoms with E-state index in [1.807, 2.05) is 0 Å². The smallest absolute Gasteiger partial charge is 0.387 e. The molecule has 2 rings (SSSR count). The number of para-hydroxylation sites is 1. The van der Waals surface area contributed by atoms with E-state index in [9.17, 15) is 23.8 Å². The molecule has 0 bridgehead atoms. The molecule has 0 aliphatic heterocycles. The Bertz CT molecular complexity index is 455. The highest BCUT2D eigenvalue weighted by Crippen LogP contribution is 2.47. The number of halogens is 2. The van der Waals surface area contributed by atoms with Crippen molar-refractivity contribution in [2.45, 2.75) is 31.0 Å². The van der Waals surface area contributed by atoms with Crippen LogP contribution >= 0.6 is 0 Å². The molecule has 6 heteroatoms. The second kappa shape index (κ2) is 4.53. The van der Waals surface area contributed by atoms with E-state index in [1.54, 1.807) is 6.07 Å². The molecule has 1 aliphatic rings. The summed E-state index contributed by atoms with van der Waals surface area (Å²) in [5.41, 5.74) is -1.15. The van der Waals surface area contributed by atoms with Gasteiger partial charge < -0.3 is 14.9 Å². The first-order valence-corrected chi connectivity index (χ1v) is 5.41. The molecule has 0 heterocycles. The third kappa shape index (κ3) is 2.03. The van der Waals surface area contributed by atoms with Gasteiger partial charge in [0.25, 0.3) is 0 Å². The van der Waals surface area contributed by atoms with Crippen LogP contribution in [-0.2, 0) is 10.2 Å². The number of hydrogen-bond donors (Lipinski definition) is 2. The highest BCUT2D eigenvalue weighted by Gasteiger charge is 2.52. The minimum absolute atomic E-state index is 0.00590. The lowest BCUT2D eigenvalue weighted by molar-refractivity contribution is -0.153. The van der Waals surface area contributed by atoms with E-state index < -0.39 is 24.1 Å². The van der Waals surface area contributed by atoms with Gasteiger partial charge in [0.1, 0.15) is 11.2 Å². The standard InChI is InChI=1S/C12H12F2O4/c13-11(14)18-9-4-2-1-3-8(9)12(10(16)17)5-7(15)6-12/h1-4,7,11,15H,5-6H2,(H,16,17). The third-order valence-electron chi connectivity index (χ3n) is 3.20. The summed E-state index contributed by atoms with van der Waals surface area (Å²) in [5, 5.41) is 18.6. The van der Waals surface area contributed by atoms with E-state index in [0.717, 1.165) is 0 Å². The molecule has 1 aromatic rings. The van der Waals surface area contributed by atoms with Crippen LogP contribution in [0.4, 0.5) is 8.78 Å². The van der Waals surface area contributed by atoms with Crippen molar-refractivity contribution in [3.8, 4) is 5.75 Å². The van der Waals surface area contributed by atoms with Crippen molar-refractivity contribution < 1.29 is 28.5 Å². The summed E-state index contributed by atoms with van der Waals surface area (Å²) in [6, 6.07) is 5.80. The Hall–Kier alpha value is -1.69. The highest BCUT2D eigenvalue weighted by atomic mass is 19.3. The van der Waals surface area contributed by atoms with Gasteiger partial charge >= 0.3 is 12.6 Å². The predicted molar refractivity (Wildman–Crippen MR) is 57.6 cm³/mol. The Labute approximate surface area is 102 Å². The van der Waals surface area contributed by atoms with E-state index in [1.165, 1.54) is 18.2 Å². The molecule has 0 saturated heterocycles. The number of alkyl halides is 2. The first-order chi connectivity index (χ1) is 8.45. The summed E-state index contributed by atoms with van der Waals surface area (Å²) in [4.78, 5) is 11.3. The zero-order valence-electron chi connectivity index (χ0n) is 9.35. The molecular weight excluding hydrogens is 246 g/mol. The molecular formula is C12H12F2O4. The molecule has 18 heavy (non-hydrogen) atoms. The molecule has 1 fully saturated rings. The van der Waals surface area contributed by atoms with Gasteiger partial charge in [0.2, 0.25) is 0 Å². The maximum Gasteiger partial charge on any atom is 0.387 e. The summed E-state index contributed by atoms with van der Waals surface area (Å²) >= 11 is 0. The first-order valence-electron chi connectivity index (χ1n) is 5.41. The van der Waals surface area contributed by atoms with Gasteiger partial charge in [-0.15, -0.1) is 0 Å². The van der Waals surface area contributed by atoms with E-state index in [4.69, 9.17) is 0 Å². The lowest BCUT2D eigenvalue weighted by Crippen LogP contribution is -2.50. The molecule has 0 spiro atoms. The van der Waals surface area contributed by atoms with E-state index in [2.05, 4.69) is 4.74 Å². The van der Waals surface area contributed by atoms with E-state index in [0.29, 0.717) is 0 Å². The molecule has 0 unspecified atom stereocenters. The van der Waals surface area contributed by atoms with Gasteiger partial charge in [-0.25, -0.2) is 0 Å². The van der Waals surface area contributed by atoms with Gasteiger partial charge in [-0.05, 0) is 18.9 Å². The third-order valence-corrected chi connectivity index (χ3v) is 3.20. The van der Waals surface area contributed by atoms with Crippen LogP contribution in [0.15, 0.2) is 24.3 Å². The Balaban J connectivity index is 2.40. The van der Waals surface area contributed by atoms with Crippen LogP contribution in [0.3, 0.4) is 0 Å². The normalized spacial score (nSPS) is 26.8. The Kier molecular flexibility index (Phi) is 3.21. The summed E-state index contributed by atoms with van der Waals surface area (Å²) in [5.74, 6) is -1.29. The predicted octanol–water partition coefficient (Wildman–Crippen LogP) is 1.77. The molecule has 0 atom stereocenters. The van der Waals surface area contributed by atoms with Crippen molar-refractivity contribution in [2.24, 2.45) is 0 Å². The number of ether oxygens (including phenoxy) is 1. The Morgan fingerprint density at radius 1 is 1.39 bits per heavy atom. The van der Waals surface area contributed by atoms with Crippen molar-refractivity contribution in [3.63, 3.8) is 0 Å². The zero-order valence-corrected chi connectivity index (χ0v) is 9.35. The number of aliphatic hydroxyl groups excluding tert-OH is 1. The number of aliphatic hydroxyl groups is 1. The van der Waals surface area contributed by atoms with Crippen LogP contribution in [0.2, 0.25) is 0 Å². The second-order valence-electron chi connectivity index (χ2n) is 4.32. The number of carbonyl (C=O) groups is 1. The van der Waals surface area contributed by atoms with Gasteiger partial charge in [0.15, 0.2) is 0 Å². The molecule has 4 nitrogen and oxygen atoms in total. The fraction of sp³-hybridized carbons (Fsp3) is 0.417. The number of aliphatic carboxylic acids is 1. The van der Waals surface area contributed by atoms with Gasteiger partial charge in [-0.2, -0.15) is 8.78 Å². The summed E-state index contributed by atoms with van der Waals surface area (Å²) in [7, 11) is 0. The fourth-order valence-electron chi connectivity index (χ4n) is 2.32. The monoisotopic (exact) mass is 258 g/mol. The van der Waals surface area contributed by atoms with Crippen molar-refractivity contribution in [2.75, 3.05) is 0 Å². The number of carboxylic acid groups (broad SMARTS) is 1. The van der Waals surface area contributed by atoms with E-state index in [-0.39, 0.29) is 24.2 Å². The van der Waals surface area contributed by atoms with Crippen LogP contribution in [0.25, 0.3) is 0 Å². The number of hydrogen-bond acceptors (Lipinski definition) is 3. The van der Waals surface area contributed by atoms with Gasteiger partial charge in [-0.3, -0.25) is 4.79 Å². The molecule has 0 amide bonds. The Morgan fingerprint density at radius 2 is 2.00 bits per heavy atom. The maximum absolute atomic E-state index is 12.3. The van der Waals surface area contributed by atoms with Gasteiger partial charge in [0.05, 0.1) is 6.10 Å². The lowest BCUT2D eigenvalue weighted by atomic mass is 9.62. The fourth-order valence-corrected chi connectivity index (χ4v) is 2.32. The SMILES string of the molecule is O=C(O)C1(c2ccccc2OC(F)F)CC(O)C1. The number of rotatable bonds is 4. The average molecular weight is 258 g/mol. The zero-order chi connectivity index (χ0) is 13.3. The van der Waals surface area contributed by atoms with Crippen molar-refractivity contribution in [3.05, 3.63) is 29.8 Å². The molecule has 1 saturated carbocycles. The molecule has 98 valence electrons. The summed E-state index contributed by atoms with van der Waals surface area (Å²) < 4.78 is 28.9. The second-order valence-corrected chi connectivity index (χ2v) is 4.32. The molecule has 1 aliphatic carbocycles.